The summed E-state index contributed by atoms with van der Waals surface area (Å²) in [6, 6.07) is 23.6. The Kier molecular flexibility index (Phi) is 5.63. The summed E-state index contributed by atoms with van der Waals surface area (Å²) in [4.78, 5) is 2.46. The first-order chi connectivity index (χ1) is 13.7. The van der Waals surface area contributed by atoms with Gasteiger partial charge in [-0.2, -0.15) is 0 Å². The zero-order chi connectivity index (χ0) is 19.3. The molecule has 0 radical (unpaired) electrons. The van der Waals surface area contributed by atoms with Crippen molar-refractivity contribution in [3.8, 4) is 0 Å². The van der Waals surface area contributed by atoms with Crippen molar-refractivity contribution < 1.29 is 8.78 Å². The topological polar surface area (TPSA) is 3.24 Å². The first-order valence-corrected chi connectivity index (χ1v) is 9.67. The van der Waals surface area contributed by atoms with Crippen LogP contribution in [0.2, 0.25) is 0 Å². The van der Waals surface area contributed by atoms with Crippen LogP contribution in [0.4, 0.5) is 8.78 Å². The van der Waals surface area contributed by atoms with Crippen LogP contribution in [0, 0.1) is 17.6 Å². The third-order valence-corrected chi connectivity index (χ3v) is 5.27. The third-order valence-electron chi connectivity index (χ3n) is 5.27. The van der Waals surface area contributed by atoms with Gasteiger partial charge in [0.05, 0.1) is 0 Å². The van der Waals surface area contributed by atoms with Crippen molar-refractivity contribution in [3.05, 3.63) is 113 Å². The van der Waals surface area contributed by atoms with Crippen LogP contribution in [-0.2, 0) is 6.54 Å². The number of rotatable bonds is 5. The van der Waals surface area contributed by atoms with Gasteiger partial charge in [0.15, 0.2) is 0 Å². The molecular formula is C25H23F2N. The third kappa shape index (κ3) is 4.55. The number of hydrogen-bond donors (Lipinski definition) is 0. The van der Waals surface area contributed by atoms with Crippen LogP contribution in [0.3, 0.4) is 0 Å². The average Bonchev–Trinajstić information content (AvgIpc) is 3.15. The van der Waals surface area contributed by atoms with Crippen molar-refractivity contribution in [1.82, 2.24) is 4.90 Å². The Morgan fingerprint density at radius 3 is 1.96 bits per heavy atom. The van der Waals surface area contributed by atoms with E-state index in [0.717, 1.165) is 42.8 Å². The van der Waals surface area contributed by atoms with Gasteiger partial charge in [-0.15, -0.1) is 0 Å². The average molecular weight is 375 g/mol. The lowest BCUT2D eigenvalue weighted by atomic mass is 9.93. The summed E-state index contributed by atoms with van der Waals surface area (Å²) in [7, 11) is 0. The molecule has 0 aliphatic carbocycles. The molecular weight excluding hydrogens is 352 g/mol. The zero-order valence-electron chi connectivity index (χ0n) is 15.7. The Labute approximate surface area is 164 Å². The molecule has 1 aliphatic rings. The molecule has 28 heavy (non-hydrogen) atoms. The molecule has 0 bridgehead atoms. The monoisotopic (exact) mass is 375 g/mol. The Hall–Kier alpha value is -2.78. The maximum Gasteiger partial charge on any atom is 0.123 e. The first-order valence-electron chi connectivity index (χ1n) is 9.67. The lowest BCUT2D eigenvalue weighted by Crippen LogP contribution is -2.19. The number of likely N-dealkylation sites (tertiary alicyclic amines) is 1. The minimum absolute atomic E-state index is 0.253. The summed E-state index contributed by atoms with van der Waals surface area (Å²) in [6.07, 6.45) is 3.35. The molecule has 3 aromatic carbocycles. The number of benzene rings is 3. The summed E-state index contributed by atoms with van der Waals surface area (Å²) >= 11 is 0. The van der Waals surface area contributed by atoms with E-state index in [1.54, 1.807) is 24.3 Å². The number of nitrogens with zero attached hydrogens (tertiary/aromatic N) is 1. The number of hydrogen-bond acceptors (Lipinski definition) is 1. The Balaban J connectivity index is 1.57. The Morgan fingerprint density at radius 2 is 1.39 bits per heavy atom. The zero-order valence-corrected chi connectivity index (χ0v) is 15.7. The molecule has 0 amide bonds. The predicted molar refractivity (Wildman–Crippen MR) is 110 cm³/mol. The molecule has 0 aromatic heterocycles. The quantitative estimate of drug-likeness (QED) is 0.535. The Morgan fingerprint density at radius 1 is 0.821 bits per heavy atom. The molecule has 1 atom stereocenters. The van der Waals surface area contributed by atoms with E-state index in [1.807, 2.05) is 6.07 Å². The van der Waals surface area contributed by atoms with Crippen LogP contribution >= 0.6 is 0 Å². The number of halogens is 2. The second-order valence-electron chi connectivity index (χ2n) is 7.36. The standard InChI is InChI=1S/C25H23F2N/c26-23-10-6-21(7-11-23)25(22-8-12-24(27)13-9-22)16-20-14-15-28(18-20)17-19-4-2-1-3-5-19/h1-13,16,20H,14-15,17-18H2. The lowest BCUT2D eigenvalue weighted by molar-refractivity contribution is 0.324. The molecule has 1 fully saturated rings. The van der Waals surface area contributed by atoms with E-state index < -0.39 is 0 Å². The molecule has 4 rings (SSSR count). The van der Waals surface area contributed by atoms with Crippen LogP contribution in [0.5, 0.6) is 0 Å². The fraction of sp³-hybridized carbons (Fsp3) is 0.200. The largest absolute Gasteiger partial charge is 0.298 e. The van der Waals surface area contributed by atoms with Crippen LogP contribution in [0.15, 0.2) is 84.9 Å². The molecule has 1 unspecified atom stereocenters. The van der Waals surface area contributed by atoms with Gasteiger partial charge in [-0.3, -0.25) is 4.90 Å². The molecule has 1 saturated heterocycles. The van der Waals surface area contributed by atoms with E-state index in [9.17, 15) is 8.78 Å². The smallest absolute Gasteiger partial charge is 0.123 e. The maximum atomic E-state index is 13.4. The maximum absolute atomic E-state index is 13.4. The molecule has 0 saturated carbocycles. The Bertz CT molecular complexity index is 883. The van der Waals surface area contributed by atoms with Crippen molar-refractivity contribution in [2.75, 3.05) is 13.1 Å². The van der Waals surface area contributed by atoms with Crippen LogP contribution in [0.25, 0.3) is 5.57 Å². The minimum atomic E-state index is -0.253. The fourth-order valence-corrected chi connectivity index (χ4v) is 3.84. The summed E-state index contributed by atoms with van der Waals surface area (Å²) in [5, 5.41) is 0. The first kappa shape index (κ1) is 18.6. The lowest BCUT2D eigenvalue weighted by Gasteiger charge is -2.16. The molecule has 0 N–H and O–H groups in total. The van der Waals surface area contributed by atoms with Crippen molar-refractivity contribution in [2.24, 2.45) is 5.92 Å². The predicted octanol–water partition coefficient (Wildman–Crippen LogP) is 5.92. The van der Waals surface area contributed by atoms with Crippen LogP contribution in [-0.4, -0.2) is 18.0 Å². The summed E-state index contributed by atoms with van der Waals surface area (Å²) in [5.74, 6) is -0.0944. The van der Waals surface area contributed by atoms with Crippen LogP contribution < -0.4 is 0 Å². The van der Waals surface area contributed by atoms with Gasteiger partial charge < -0.3 is 0 Å². The van der Waals surface area contributed by atoms with Gasteiger partial charge >= 0.3 is 0 Å². The highest BCUT2D eigenvalue weighted by molar-refractivity contribution is 5.80. The van der Waals surface area contributed by atoms with Crippen molar-refractivity contribution >= 4 is 5.57 Å². The van der Waals surface area contributed by atoms with Gasteiger partial charge in [0, 0.05) is 13.1 Å². The van der Waals surface area contributed by atoms with Gasteiger partial charge in [0.2, 0.25) is 0 Å². The van der Waals surface area contributed by atoms with Gasteiger partial charge in [-0.1, -0.05) is 60.7 Å². The fourth-order valence-electron chi connectivity index (χ4n) is 3.84. The van der Waals surface area contributed by atoms with Gasteiger partial charge in [-0.05, 0) is 65.4 Å². The van der Waals surface area contributed by atoms with Crippen molar-refractivity contribution in [3.63, 3.8) is 0 Å². The normalized spacial score (nSPS) is 16.9. The van der Waals surface area contributed by atoms with E-state index in [-0.39, 0.29) is 11.6 Å². The van der Waals surface area contributed by atoms with Gasteiger partial charge in [0.1, 0.15) is 11.6 Å². The van der Waals surface area contributed by atoms with E-state index >= 15 is 0 Å². The van der Waals surface area contributed by atoms with E-state index in [1.165, 1.54) is 29.8 Å². The van der Waals surface area contributed by atoms with E-state index in [0.29, 0.717) is 5.92 Å². The van der Waals surface area contributed by atoms with Gasteiger partial charge in [-0.25, -0.2) is 8.78 Å². The molecule has 1 aliphatic heterocycles. The molecule has 142 valence electrons. The van der Waals surface area contributed by atoms with Crippen molar-refractivity contribution in [1.29, 1.82) is 0 Å². The molecule has 3 heteroatoms. The molecule has 0 spiro atoms. The van der Waals surface area contributed by atoms with E-state index in [2.05, 4.69) is 35.2 Å². The minimum Gasteiger partial charge on any atom is -0.298 e. The highest BCUT2D eigenvalue weighted by atomic mass is 19.1. The molecule has 3 aromatic rings. The molecule has 1 nitrogen and oxygen atoms in total. The van der Waals surface area contributed by atoms with E-state index in [4.69, 9.17) is 0 Å². The highest BCUT2D eigenvalue weighted by Gasteiger charge is 2.22. The summed E-state index contributed by atoms with van der Waals surface area (Å²) in [6.45, 7) is 2.99. The highest BCUT2D eigenvalue weighted by Crippen LogP contribution is 2.29. The second-order valence-corrected chi connectivity index (χ2v) is 7.36. The molecule has 1 heterocycles. The van der Waals surface area contributed by atoms with Gasteiger partial charge in [0.25, 0.3) is 0 Å². The van der Waals surface area contributed by atoms with Crippen molar-refractivity contribution in [2.45, 2.75) is 13.0 Å². The summed E-state index contributed by atoms with van der Waals surface area (Å²) in [5.41, 5.74) is 4.26. The van der Waals surface area contributed by atoms with Crippen LogP contribution in [0.1, 0.15) is 23.1 Å². The SMILES string of the molecule is Fc1ccc(C(=CC2CCN(Cc3ccccc3)C2)c2ccc(F)cc2)cc1. The second kappa shape index (κ2) is 8.49. The summed E-state index contributed by atoms with van der Waals surface area (Å²) < 4.78 is 26.8.